The van der Waals surface area contributed by atoms with Gasteiger partial charge < -0.3 is 15.5 Å². The van der Waals surface area contributed by atoms with E-state index in [-0.39, 0.29) is 5.91 Å². The molecule has 1 saturated heterocycles. The number of rotatable bonds is 3. The van der Waals surface area contributed by atoms with Gasteiger partial charge >= 0.3 is 0 Å². The van der Waals surface area contributed by atoms with Gasteiger partial charge in [0.25, 0.3) is 0 Å². The molecule has 0 aromatic heterocycles. The zero-order valence-corrected chi connectivity index (χ0v) is 14.5. The van der Waals surface area contributed by atoms with E-state index < -0.39 is 5.54 Å². The first-order chi connectivity index (χ1) is 11.5. The number of nitrogens with two attached hydrogens (primary N) is 1. The van der Waals surface area contributed by atoms with E-state index in [1.165, 1.54) is 0 Å². The van der Waals surface area contributed by atoms with Crippen molar-refractivity contribution < 1.29 is 4.79 Å². The molecule has 1 heterocycles. The largest absolute Gasteiger partial charge is 0.368 e. The lowest BCUT2D eigenvalue weighted by molar-refractivity contribution is -0.137. The Morgan fingerprint density at radius 1 is 1.04 bits per heavy atom. The lowest BCUT2D eigenvalue weighted by atomic mass is 9.91. The summed E-state index contributed by atoms with van der Waals surface area (Å²) in [7, 11) is 0. The molecule has 2 N–H and O–H groups in total. The van der Waals surface area contributed by atoms with Crippen molar-refractivity contribution in [1.29, 1.82) is 0 Å². The molecule has 1 aliphatic heterocycles. The van der Waals surface area contributed by atoms with Gasteiger partial charge in [0.2, 0.25) is 5.91 Å². The molecule has 0 aliphatic carbocycles. The van der Waals surface area contributed by atoms with Crippen LogP contribution < -0.4 is 10.6 Å². The number of hydrogen-bond donors (Lipinski definition) is 1. The van der Waals surface area contributed by atoms with Crippen LogP contribution in [0.2, 0.25) is 5.02 Å². The van der Waals surface area contributed by atoms with Crippen molar-refractivity contribution in [3.8, 4) is 0 Å². The minimum Gasteiger partial charge on any atom is -0.368 e. The van der Waals surface area contributed by atoms with Gasteiger partial charge in [-0.15, -0.1) is 0 Å². The Hall–Kier alpha value is -2.04. The smallest absolute Gasteiger partial charge is 0.247 e. The molecule has 5 heteroatoms. The van der Waals surface area contributed by atoms with Crippen LogP contribution in [0.4, 0.5) is 5.69 Å². The average Bonchev–Trinajstić information content (AvgIpc) is 2.62. The fourth-order valence-electron chi connectivity index (χ4n) is 3.08. The van der Waals surface area contributed by atoms with Crippen LogP contribution in [0.1, 0.15) is 12.5 Å². The summed E-state index contributed by atoms with van der Waals surface area (Å²) < 4.78 is 0. The fraction of sp³-hybridized carbons (Fsp3) is 0.316. The van der Waals surface area contributed by atoms with Crippen LogP contribution in [0.25, 0.3) is 0 Å². The molecule has 2 aromatic carbocycles. The first kappa shape index (κ1) is 16.8. The number of nitrogens with zero attached hydrogens (tertiary/aromatic N) is 2. The van der Waals surface area contributed by atoms with Crippen LogP contribution in [0.5, 0.6) is 0 Å². The Labute approximate surface area is 147 Å². The number of benzene rings is 2. The number of piperazine rings is 1. The molecule has 1 aliphatic rings. The fourth-order valence-corrected chi connectivity index (χ4v) is 3.26. The molecule has 1 unspecified atom stereocenters. The van der Waals surface area contributed by atoms with E-state index in [9.17, 15) is 4.79 Å². The summed E-state index contributed by atoms with van der Waals surface area (Å²) in [6.45, 7) is 4.65. The summed E-state index contributed by atoms with van der Waals surface area (Å²) in [4.78, 5) is 17.0. The van der Waals surface area contributed by atoms with Gasteiger partial charge in [-0.25, -0.2) is 0 Å². The van der Waals surface area contributed by atoms with E-state index in [1.807, 2.05) is 59.5 Å². The first-order valence-corrected chi connectivity index (χ1v) is 8.50. The zero-order chi connectivity index (χ0) is 17.2. The quantitative estimate of drug-likeness (QED) is 0.932. The van der Waals surface area contributed by atoms with E-state index in [2.05, 4.69) is 4.90 Å². The third-order valence-corrected chi connectivity index (χ3v) is 4.79. The second-order valence-corrected chi connectivity index (χ2v) is 6.76. The van der Waals surface area contributed by atoms with Crippen molar-refractivity contribution >= 4 is 23.2 Å². The lowest BCUT2D eigenvalue weighted by Crippen LogP contribution is -2.56. The van der Waals surface area contributed by atoms with Crippen molar-refractivity contribution in [2.75, 3.05) is 31.1 Å². The maximum absolute atomic E-state index is 12.9. The topological polar surface area (TPSA) is 49.6 Å². The number of amides is 1. The van der Waals surface area contributed by atoms with Crippen molar-refractivity contribution in [2.45, 2.75) is 12.5 Å². The Balaban J connectivity index is 1.67. The minimum absolute atomic E-state index is 0.0283. The molecule has 126 valence electrons. The predicted molar refractivity (Wildman–Crippen MR) is 98.2 cm³/mol. The normalized spacial score (nSPS) is 17.5. The van der Waals surface area contributed by atoms with E-state index in [0.717, 1.165) is 29.4 Å². The second kappa shape index (κ2) is 6.83. The first-order valence-electron chi connectivity index (χ1n) is 8.13. The third kappa shape index (κ3) is 3.40. The van der Waals surface area contributed by atoms with Crippen LogP contribution in [-0.2, 0) is 10.3 Å². The number of anilines is 1. The Morgan fingerprint density at radius 2 is 1.71 bits per heavy atom. The highest BCUT2D eigenvalue weighted by atomic mass is 35.5. The van der Waals surface area contributed by atoms with Crippen molar-refractivity contribution in [2.24, 2.45) is 5.73 Å². The molecule has 1 amide bonds. The lowest BCUT2D eigenvalue weighted by Gasteiger charge is -2.39. The van der Waals surface area contributed by atoms with Crippen LogP contribution in [0, 0.1) is 0 Å². The van der Waals surface area contributed by atoms with Crippen LogP contribution >= 0.6 is 11.6 Å². The molecule has 0 bridgehead atoms. The van der Waals surface area contributed by atoms with E-state index in [1.54, 1.807) is 6.92 Å². The molecular weight excluding hydrogens is 322 g/mol. The van der Waals surface area contributed by atoms with Crippen molar-refractivity contribution in [3.63, 3.8) is 0 Å². The molecule has 0 spiro atoms. The van der Waals surface area contributed by atoms with Crippen LogP contribution in [0.15, 0.2) is 54.6 Å². The molecule has 2 aromatic rings. The molecule has 1 atom stereocenters. The second-order valence-electron chi connectivity index (χ2n) is 6.33. The highest BCUT2D eigenvalue weighted by Crippen LogP contribution is 2.24. The summed E-state index contributed by atoms with van der Waals surface area (Å²) in [6.07, 6.45) is 0. The van der Waals surface area contributed by atoms with Gasteiger partial charge in [0, 0.05) is 36.9 Å². The van der Waals surface area contributed by atoms with Crippen LogP contribution in [-0.4, -0.2) is 37.0 Å². The van der Waals surface area contributed by atoms with Crippen LogP contribution in [0.3, 0.4) is 0 Å². The number of halogens is 1. The molecule has 0 radical (unpaired) electrons. The molecule has 1 fully saturated rings. The average molecular weight is 344 g/mol. The van der Waals surface area contributed by atoms with E-state index in [0.29, 0.717) is 13.1 Å². The molecular formula is C19H22ClN3O. The van der Waals surface area contributed by atoms with Crippen molar-refractivity contribution in [1.82, 2.24) is 4.90 Å². The predicted octanol–water partition coefficient (Wildman–Crippen LogP) is 2.86. The number of carbonyl (C=O) groups is 1. The highest BCUT2D eigenvalue weighted by molar-refractivity contribution is 6.30. The maximum atomic E-state index is 12.9. The summed E-state index contributed by atoms with van der Waals surface area (Å²) in [5, 5.41) is 0.726. The molecule has 24 heavy (non-hydrogen) atoms. The SMILES string of the molecule is CC(N)(C(=O)N1CCN(c2cccc(Cl)c2)CC1)c1ccccc1. The van der Waals surface area contributed by atoms with Gasteiger partial charge in [0.1, 0.15) is 5.54 Å². The Bertz CT molecular complexity index is 710. The Morgan fingerprint density at radius 3 is 2.33 bits per heavy atom. The number of hydrogen-bond acceptors (Lipinski definition) is 3. The van der Waals surface area contributed by atoms with Gasteiger partial charge in [-0.1, -0.05) is 48.0 Å². The molecule has 4 nitrogen and oxygen atoms in total. The van der Waals surface area contributed by atoms with Crippen molar-refractivity contribution in [3.05, 3.63) is 65.2 Å². The zero-order valence-electron chi connectivity index (χ0n) is 13.8. The van der Waals surface area contributed by atoms with E-state index in [4.69, 9.17) is 17.3 Å². The maximum Gasteiger partial charge on any atom is 0.247 e. The molecule has 3 rings (SSSR count). The third-order valence-electron chi connectivity index (χ3n) is 4.56. The summed E-state index contributed by atoms with van der Waals surface area (Å²) in [5.74, 6) is -0.0283. The van der Waals surface area contributed by atoms with Gasteiger partial charge in [-0.3, -0.25) is 4.79 Å². The summed E-state index contributed by atoms with van der Waals surface area (Å²) in [6, 6.07) is 17.4. The Kier molecular flexibility index (Phi) is 4.78. The van der Waals surface area contributed by atoms with Gasteiger partial charge in [0.05, 0.1) is 0 Å². The minimum atomic E-state index is -1.00. The number of carbonyl (C=O) groups excluding carboxylic acids is 1. The standard InChI is InChI=1S/C19H22ClN3O/c1-19(21,15-6-3-2-4-7-15)18(24)23-12-10-22(11-13-23)17-9-5-8-16(20)14-17/h2-9,14H,10-13,21H2,1H3. The van der Waals surface area contributed by atoms with Gasteiger partial charge in [-0.05, 0) is 30.7 Å². The monoisotopic (exact) mass is 343 g/mol. The van der Waals surface area contributed by atoms with Gasteiger partial charge in [-0.2, -0.15) is 0 Å². The van der Waals surface area contributed by atoms with E-state index >= 15 is 0 Å². The summed E-state index contributed by atoms with van der Waals surface area (Å²) >= 11 is 6.06. The van der Waals surface area contributed by atoms with Gasteiger partial charge in [0.15, 0.2) is 0 Å². The summed E-state index contributed by atoms with van der Waals surface area (Å²) in [5.41, 5.74) is 7.29. The molecule has 0 saturated carbocycles. The highest BCUT2D eigenvalue weighted by Gasteiger charge is 2.35.